The molecule has 1 aliphatic heterocycles. The van der Waals surface area contributed by atoms with Crippen molar-refractivity contribution in [2.45, 2.75) is 63.4 Å². The van der Waals surface area contributed by atoms with E-state index in [2.05, 4.69) is 25.8 Å². The lowest BCUT2D eigenvalue weighted by atomic mass is 10.0. The lowest BCUT2D eigenvalue weighted by Crippen LogP contribution is -2.28. The van der Waals surface area contributed by atoms with Gasteiger partial charge in [0.05, 0.1) is 0 Å². The molecular weight excluding hydrogens is 380 g/mol. The maximum absolute atomic E-state index is 13.3. The normalized spacial score (nSPS) is 22.9. The van der Waals surface area contributed by atoms with Crippen molar-refractivity contribution in [3.8, 4) is 0 Å². The Morgan fingerprint density at radius 3 is 2.90 bits per heavy atom. The summed E-state index contributed by atoms with van der Waals surface area (Å²) >= 11 is 0. The molecule has 2 atom stereocenters. The molecule has 2 aromatic rings. The van der Waals surface area contributed by atoms with Crippen LogP contribution in [-0.4, -0.2) is 33.9 Å². The minimum Gasteiger partial charge on any atom is -0.446 e. The predicted molar refractivity (Wildman–Crippen MR) is 103 cm³/mol. The van der Waals surface area contributed by atoms with Gasteiger partial charge in [-0.1, -0.05) is 6.42 Å². The van der Waals surface area contributed by atoms with Gasteiger partial charge in [-0.25, -0.2) is 13.6 Å². The number of nitrogens with one attached hydrogen (secondary N) is 3. The first kappa shape index (κ1) is 19.6. The Balaban J connectivity index is 1.57. The van der Waals surface area contributed by atoms with Crippen LogP contribution in [0.3, 0.4) is 0 Å². The van der Waals surface area contributed by atoms with Crippen LogP contribution in [0.1, 0.15) is 68.0 Å². The predicted octanol–water partition coefficient (Wildman–Crippen LogP) is 4.57. The highest BCUT2D eigenvalue weighted by Gasteiger charge is 2.30. The van der Waals surface area contributed by atoms with Gasteiger partial charge in [0.1, 0.15) is 11.8 Å². The Morgan fingerprint density at radius 2 is 2.03 bits per heavy atom. The van der Waals surface area contributed by atoms with Crippen molar-refractivity contribution in [3.63, 3.8) is 0 Å². The number of aryl methyl sites for hydroxylation is 1. The Kier molecular flexibility index (Phi) is 5.92. The third kappa shape index (κ3) is 5.02. The Bertz CT molecular complexity index is 857. The van der Waals surface area contributed by atoms with Gasteiger partial charge in [0, 0.05) is 35.6 Å². The number of halogens is 2. The summed E-state index contributed by atoms with van der Waals surface area (Å²) in [6.45, 7) is 0.538. The third-order valence-corrected chi connectivity index (χ3v) is 5.47. The van der Waals surface area contributed by atoms with E-state index >= 15 is 0 Å². The molecule has 1 amide bonds. The maximum Gasteiger partial charge on any atom is 0.407 e. The van der Waals surface area contributed by atoms with Gasteiger partial charge in [-0.05, 0) is 50.7 Å². The topological polar surface area (TPSA) is 91.9 Å². The summed E-state index contributed by atoms with van der Waals surface area (Å²) in [5, 5.41) is 13.2. The summed E-state index contributed by atoms with van der Waals surface area (Å²) in [5.74, 6) is 0.792. The zero-order valence-corrected chi connectivity index (χ0v) is 16.1. The van der Waals surface area contributed by atoms with Crippen molar-refractivity contribution < 1.29 is 18.3 Å². The highest BCUT2D eigenvalue weighted by Crippen LogP contribution is 2.36. The standard InChI is InChI=1S/C20H25F2N5O2/c21-19(22)17-10-14-9-13(24-17)4-2-1-3-7-23-20(28)29-15-6-5-12(8-15)16-11-18(25-14)27-26-16/h9-12,15,19H,1-8H2,(H,23,28)(H2,25,26,27)/t12-,15+/m0/s1. The van der Waals surface area contributed by atoms with E-state index in [4.69, 9.17) is 4.74 Å². The first-order chi connectivity index (χ1) is 14.1. The molecule has 0 saturated heterocycles. The molecule has 4 rings (SSSR count). The van der Waals surface area contributed by atoms with E-state index in [-0.39, 0.29) is 23.8 Å². The quantitative estimate of drug-likeness (QED) is 0.646. The number of anilines is 2. The summed E-state index contributed by atoms with van der Waals surface area (Å²) in [4.78, 5) is 16.1. The molecule has 6 bridgehead atoms. The number of carbonyl (C=O) groups excluding carboxylic acids is 1. The third-order valence-electron chi connectivity index (χ3n) is 5.47. The molecule has 9 heteroatoms. The SMILES string of the molecule is O=C1NCCCCCc2cc(cc(C(F)F)n2)Nc2cc([nH]n2)[C@H]2CC[C@H](C2)O1. The second-order valence-electron chi connectivity index (χ2n) is 7.68. The molecule has 0 unspecified atom stereocenters. The van der Waals surface area contributed by atoms with Gasteiger partial charge in [0.25, 0.3) is 6.43 Å². The van der Waals surface area contributed by atoms with Crippen molar-refractivity contribution >= 4 is 17.6 Å². The van der Waals surface area contributed by atoms with Crippen LogP contribution < -0.4 is 10.6 Å². The number of alkyl halides is 2. The van der Waals surface area contributed by atoms with Gasteiger partial charge in [0.15, 0.2) is 5.82 Å². The van der Waals surface area contributed by atoms with Gasteiger partial charge in [-0.2, -0.15) is 5.10 Å². The minimum atomic E-state index is -2.63. The first-order valence-corrected chi connectivity index (χ1v) is 10.1. The van der Waals surface area contributed by atoms with Crippen LogP contribution in [0.5, 0.6) is 0 Å². The molecule has 29 heavy (non-hydrogen) atoms. The van der Waals surface area contributed by atoms with Crippen molar-refractivity contribution in [1.29, 1.82) is 0 Å². The number of pyridine rings is 1. The number of aromatic nitrogens is 3. The van der Waals surface area contributed by atoms with Gasteiger partial charge in [-0.3, -0.25) is 10.1 Å². The first-order valence-electron chi connectivity index (χ1n) is 10.1. The number of alkyl carbamates (subject to hydrolysis) is 1. The molecule has 0 radical (unpaired) electrons. The Hall–Kier alpha value is -2.71. The molecule has 1 fully saturated rings. The van der Waals surface area contributed by atoms with Gasteiger partial charge in [-0.15, -0.1) is 0 Å². The van der Waals surface area contributed by atoms with E-state index in [0.717, 1.165) is 44.2 Å². The molecule has 3 heterocycles. The van der Waals surface area contributed by atoms with Crippen LogP contribution in [0.15, 0.2) is 18.2 Å². The molecule has 156 valence electrons. The summed E-state index contributed by atoms with van der Waals surface area (Å²) < 4.78 is 32.1. The molecule has 3 N–H and O–H groups in total. The van der Waals surface area contributed by atoms with E-state index in [1.165, 1.54) is 6.07 Å². The van der Waals surface area contributed by atoms with Crippen molar-refractivity contribution in [2.24, 2.45) is 0 Å². The molecule has 0 aromatic carbocycles. The van der Waals surface area contributed by atoms with Crippen molar-refractivity contribution in [2.75, 3.05) is 11.9 Å². The average molecular weight is 405 g/mol. The fourth-order valence-electron chi connectivity index (χ4n) is 4.00. The van der Waals surface area contributed by atoms with E-state index in [0.29, 0.717) is 30.2 Å². The summed E-state index contributed by atoms with van der Waals surface area (Å²) in [5.41, 5.74) is 1.89. The fourth-order valence-corrected chi connectivity index (χ4v) is 4.00. The molecule has 7 nitrogen and oxygen atoms in total. The maximum atomic E-state index is 13.3. The van der Waals surface area contributed by atoms with Crippen molar-refractivity contribution in [1.82, 2.24) is 20.5 Å². The summed E-state index contributed by atoms with van der Waals surface area (Å²) in [7, 11) is 0. The van der Waals surface area contributed by atoms with E-state index in [9.17, 15) is 13.6 Å². The number of hydrogen-bond acceptors (Lipinski definition) is 5. The van der Waals surface area contributed by atoms with Crippen LogP contribution >= 0.6 is 0 Å². The van der Waals surface area contributed by atoms with Gasteiger partial charge >= 0.3 is 6.09 Å². The van der Waals surface area contributed by atoms with E-state index in [1.807, 2.05) is 6.07 Å². The molecular formula is C20H25F2N5O2. The van der Waals surface area contributed by atoms with Gasteiger partial charge < -0.3 is 15.4 Å². The number of ether oxygens (including phenoxy) is 1. The van der Waals surface area contributed by atoms with Crippen LogP contribution in [0.4, 0.5) is 25.1 Å². The number of carbonyl (C=O) groups is 1. The summed E-state index contributed by atoms with van der Waals surface area (Å²) in [6.07, 6.45) is 2.39. The van der Waals surface area contributed by atoms with Crippen molar-refractivity contribution in [3.05, 3.63) is 35.3 Å². The fraction of sp³-hybridized carbons (Fsp3) is 0.550. The number of H-pyrrole nitrogens is 1. The highest BCUT2D eigenvalue weighted by atomic mass is 19.3. The second-order valence-corrected chi connectivity index (χ2v) is 7.68. The lowest BCUT2D eigenvalue weighted by Gasteiger charge is -2.13. The highest BCUT2D eigenvalue weighted by molar-refractivity contribution is 5.67. The zero-order chi connectivity index (χ0) is 20.2. The molecule has 0 spiro atoms. The zero-order valence-electron chi connectivity index (χ0n) is 16.1. The number of amides is 1. The molecule has 2 aromatic heterocycles. The summed E-state index contributed by atoms with van der Waals surface area (Å²) in [6, 6.07) is 5.05. The second kappa shape index (κ2) is 8.75. The van der Waals surface area contributed by atoms with E-state index < -0.39 is 6.43 Å². The van der Waals surface area contributed by atoms with Crippen LogP contribution in [-0.2, 0) is 11.2 Å². The monoisotopic (exact) mass is 405 g/mol. The van der Waals surface area contributed by atoms with Crippen LogP contribution in [0, 0.1) is 0 Å². The Labute approximate surface area is 167 Å². The molecule has 1 aliphatic carbocycles. The number of fused-ring (bicyclic) bond motifs is 7. The lowest BCUT2D eigenvalue weighted by molar-refractivity contribution is 0.100. The molecule has 2 aliphatic rings. The smallest absolute Gasteiger partial charge is 0.407 e. The molecule has 1 saturated carbocycles. The average Bonchev–Trinajstić information content (AvgIpc) is 3.33. The number of hydrogen-bond donors (Lipinski definition) is 3. The number of aromatic amines is 1. The Morgan fingerprint density at radius 1 is 1.14 bits per heavy atom. The number of rotatable bonds is 1. The minimum absolute atomic E-state index is 0.102. The largest absolute Gasteiger partial charge is 0.446 e. The van der Waals surface area contributed by atoms with Crippen LogP contribution in [0.2, 0.25) is 0 Å². The van der Waals surface area contributed by atoms with Crippen LogP contribution in [0.25, 0.3) is 0 Å². The number of nitrogens with zero attached hydrogens (tertiary/aromatic N) is 2. The van der Waals surface area contributed by atoms with Gasteiger partial charge in [0.2, 0.25) is 0 Å². The van der Waals surface area contributed by atoms with E-state index in [1.54, 1.807) is 6.07 Å².